The van der Waals surface area contributed by atoms with Crippen LogP contribution in [0.2, 0.25) is 0 Å². The van der Waals surface area contributed by atoms with Gasteiger partial charge in [0, 0.05) is 19.0 Å². The molecule has 1 heterocycles. The number of carbonyl (C=O) groups is 1. The Hall–Kier alpha value is -1.24. The number of likely N-dealkylation sites (tertiary alicyclic amines) is 1. The molecule has 0 atom stereocenters. The number of piperidine rings is 1. The zero-order valence-electron chi connectivity index (χ0n) is 11.5. The van der Waals surface area contributed by atoms with E-state index in [4.69, 9.17) is 10.00 Å². The average molecular weight is 250 g/mol. The molecule has 0 aromatic carbocycles. The summed E-state index contributed by atoms with van der Waals surface area (Å²) in [5.74, 6) is 0.248. The van der Waals surface area contributed by atoms with Gasteiger partial charge in [0.15, 0.2) is 0 Å². The molecule has 1 saturated heterocycles. The predicted octanol–water partition coefficient (Wildman–Crippen LogP) is 2.94. The first-order chi connectivity index (χ1) is 8.34. The van der Waals surface area contributed by atoms with E-state index < -0.39 is 5.60 Å². The maximum Gasteiger partial charge on any atom is 0.410 e. The van der Waals surface area contributed by atoms with Crippen LogP contribution in [-0.4, -0.2) is 29.7 Å². The van der Waals surface area contributed by atoms with E-state index in [0.29, 0.717) is 5.41 Å². The van der Waals surface area contributed by atoms with Gasteiger partial charge < -0.3 is 9.64 Å². The number of rotatable bonds is 0. The molecule has 0 aromatic heterocycles. The van der Waals surface area contributed by atoms with Crippen LogP contribution in [-0.2, 0) is 4.74 Å². The van der Waals surface area contributed by atoms with Crippen LogP contribution in [0.4, 0.5) is 4.79 Å². The smallest absolute Gasteiger partial charge is 0.410 e. The largest absolute Gasteiger partial charge is 0.444 e. The predicted molar refractivity (Wildman–Crippen MR) is 67.8 cm³/mol. The molecule has 100 valence electrons. The lowest BCUT2D eigenvalue weighted by Crippen LogP contribution is -2.49. The van der Waals surface area contributed by atoms with Gasteiger partial charge in [0.25, 0.3) is 0 Å². The topological polar surface area (TPSA) is 53.3 Å². The van der Waals surface area contributed by atoms with Gasteiger partial charge in [0.2, 0.25) is 0 Å². The second kappa shape index (κ2) is 4.46. The first-order valence-electron chi connectivity index (χ1n) is 6.71. The van der Waals surface area contributed by atoms with E-state index in [-0.39, 0.29) is 12.0 Å². The molecule has 18 heavy (non-hydrogen) atoms. The summed E-state index contributed by atoms with van der Waals surface area (Å²) >= 11 is 0. The fraction of sp³-hybridized carbons (Fsp3) is 0.857. The van der Waals surface area contributed by atoms with Gasteiger partial charge in [-0.05, 0) is 51.9 Å². The first kappa shape index (κ1) is 13.2. The van der Waals surface area contributed by atoms with E-state index in [1.807, 2.05) is 20.8 Å². The van der Waals surface area contributed by atoms with Crippen LogP contribution in [0.1, 0.15) is 46.5 Å². The monoisotopic (exact) mass is 250 g/mol. The lowest BCUT2D eigenvalue weighted by Gasteiger charge is -2.50. The molecule has 1 amide bonds. The molecule has 0 unspecified atom stereocenters. The maximum absolute atomic E-state index is 11.9. The quantitative estimate of drug-likeness (QED) is 0.664. The number of nitrogens with zero attached hydrogens (tertiary/aromatic N) is 2. The number of ether oxygens (including phenoxy) is 1. The highest BCUT2D eigenvalue weighted by atomic mass is 16.6. The summed E-state index contributed by atoms with van der Waals surface area (Å²) in [7, 11) is 0. The third-order valence-electron chi connectivity index (χ3n) is 4.02. The van der Waals surface area contributed by atoms with Crippen molar-refractivity contribution in [3.05, 3.63) is 0 Å². The van der Waals surface area contributed by atoms with Gasteiger partial charge in [-0.25, -0.2) is 4.79 Å². The lowest BCUT2D eigenvalue weighted by molar-refractivity contribution is -0.0160. The van der Waals surface area contributed by atoms with Crippen LogP contribution in [0.25, 0.3) is 0 Å². The standard InChI is InChI=1S/C14H22N2O2/c1-13(2,3)18-12(17)16-6-4-14(5-7-16)8-11(9-14)10-15/h11H,4-9H2,1-3H3. The van der Waals surface area contributed by atoms with E-state index in [2.05, 4.69) is 6.07 Å². The van der Waals surface area contributed by atoms with Crippen LogP contribution in [0.5, 0.6) is 0 Å². The average Bonchev–Trinajstić information content (AvgIpc) is 2.23. The number of amides is 1. The zero-order valence-corrected chi connectivity index (χ0v) is 11.5. The molecule has 4 nitrogen and oxygen atoms in total. The molecule has 0 radical (unpaired) electrons. The summed E-state index contributed by atoms with van der Waals surface area (Å²) in [5.41, 5.74) is -0.0759. The highest BCUT2D eigenvalue weighted by molar-refractivity contribution is 5.68. The number of hydrogen-bond acceptors (Lipinski definition) is 3. The minimum absolute atomic E-state index is 0.200. The molecule has 0 bridgehead atoms. The Morgan fingerprint density at radius 3 is 2.33 bits per heavy atom. The minimum atomic E-state index is -0.422. The van der Waals surface area contributed by atoms with Crippen molar-refractivity contribution in [3.8, 4) is 6.07 Å². The summed E-state index contributed by atoms with van der Waals surface area (Å²) in [6.07, 6.45) is 3.88. The van der Waals surface area contributed by atoms with E-state index in [9.17, 15) is 4.79 Å². The Kier molecular flexibility index (Phi) is 3.27. The molecule has 1 aliphatic heterocycles. The molecule has 2 rings (SSSR count). The Labute approximate surface area is 109 Å². The number of hydrogen-bond donors (Lipinski definition) is 0. The lowest BCUT2D eigenvalue weighted by atomic mass is 9.58. The molecular weight excluding hydrogens is 228 g/mol. The van der Waals surface area contributed by atoms with Crippen molar-refractivity contribution in [1.29, 1.82) is 5.26 Å². The van der Waals surface area contributed by atoms with E-state index in [1.165, 1.54) is 0 Å². The van der Waals surface area contributed by atoms with Gasteiger partial charge in [0.05, 0.1) is 6.07 Å². The molecule has 2 aliphatic rings. The van der Waals surface area contributed by atoms with Crippen molar-refractivity contribution in [1.82, 2.24) is 4.90 Å². The second-order valence-corrected chi connectivity index (χ2v) is 6.70. The third-order valence-corrected chi connectivity index (χ3v) is 4.02. The van der Waals surface area contributed by atoms with Crippen molar-refractivity contribution in [2.75, 3.05) is 13.1 Å². The molecule has 1 spiro atoms. The molecule has 2 fully saturated rings. The second-order valence-electron chi connectivity index (χ2n) is 6.70. The summed E-state index contributed by atoms with van der Waals surface area (Å²) < 4.78 is 5.37. The molecule has 0 aromatic rings. The normalized spacial score (nSPS) is 23.3. The van der Waals surface area contributed by atoms with Gasteiger partial charge in [-0.1, -0.05) is 0 Å². The molecule has 4 heteroatoms. The Balaban J connectivity index is 1.81. The third kappa shape index (κ3) is 2.77. The van der Waals surface area contributed by atoms with Gasteiger partial charge in [-0.15, -0.1) is 0 Å². The van der Waals surface area contributed by atoms with Crippen LogP contribution in [0, 0.1) is 22.7 Å². The fourth-order valence-electron chi connectivity index (χ4n) is 2.98. The Morgan fingerprint density at radius 2 is 1.89 bits per heavy atom. The molecule has 1 saturated carbocycles. The fourth-order valence-corrected chi connectivity index (χ4v) is 2.98. The number of nitriles is 1. The first-order valence-corrected chi connectivity index (χ1v) is 6.71. The van der Waals surface area contributed by atoms with E-state index in [1.54, 1.807) is 4.90 Å². The maximum atomic E-state index is 11.9. The zero-order chi connectivity index (χ0) is 13.4. The van der Waals surface area contributed by atoms with Crippen molar-refractivity contribution in [2.45, 2.75) is 52.1 Å². The van der Waals surface area contributed by atoms with E-state index >= 15 is 0 Å². The van der Waals surface area contributed by atoms with Gasteiger partial charge in [0.1, 0.15) is 5.60 Å². The Bertz CT molecular complexity index is 362. The molecule has 0 N–H and O–H groups in total. The summed E-state index contributed by atoms with van der Waals surface area (Å²) in [6, 6.07) is 2.33. The van der Waals surface area contributed by atoms with Crippen LogP contribution >= 0.6 is 0 Å². The van der Waals surface area contributed by atoms with Crippen molar-refractivity contribution in [3.63, 3.8) is 0 Å². The highest BCUT2D eigenvalue weighted by Crippen LogP contribution is 2.52. The SMILES string of the molecule is CC(C)(C)OC(=O)N1CCC2(CC1)CC(C#N)C2. The number of carbonyl (C=O) groups excluding carboxylic acids is 1. The van der Waals surface area contributed by atoms with E-state index in [0.717, 1.165) is 38.8 Å². The van der Waals surface area contributed by atoms with Crippen molar-refractivity contribution >= 4 is 6.09 Å². The highest BCUT2D eigenvalue weighted by Gasteiger charge is 2.46. The van der Waals surface area contributed by atoms with Crippen LogP contribution < -0.4 is 0 Å². The van der Waals surface area contributed by atoms with Crippen molar-refractivity contribution in [2.24, 2.45) is 11.3 Å². The van der Waals surface area contributed by atoms with Crippen LogP contribution in [0.3, 0.4) is 0 Å². The van der Waals surface area contributed by atoms with Gasteiger partial charge in [-0.3, -0.25) is 0 Å². The summed E-state index contributed by atoms with van der Waals surface area (Å²) in [4.78, 5) is 13.7. The Morgan fingerprint density at radius 1 is 1.33 bits per heavy atom. The van der Waals surface area contributed by atoms with Gasteiger partial charge in [-0.2, -0.15) is 5.26 Å². The van der Waals surface area contributed by atoms with Gasteiger partial charge >= 0.3 is 6.09 Å². The summed E-state index contributed by atoms with van der Waals surface area (Å²) in [5, 5.41) is 8.83. The van der Waals surface area contributed by atoms with Crippen molar-refractivity contribution < 1.29 is 9.53 Å². The van der Waals surface area contributed by atoms with Crippen LogP contribution in [0.15, 0.2) is 0 Å². The molecule has 1 aliphatic carbocycles. The minimum Gasteiger partial charge on any atom is -0.444 e. The molecular formula is C14H22N2O2. The summed E-state index contributed by atoms with van der Waals surface area (Å²) in [6.45, 7) is 7.21.